The minimum absolute atomic E-state index is 0.0506. The SMILES string of the molecule is CC[C@H]1OB2OC(C)COc3ccc(Br)c1c32. The Morgan fingerprint density at radius 2 is 2.24 bits per heavy atom. The standard InChI is InChI=1S/C12H14BBrO3/c1-3-9-11-8(14)4-5-10-12(11)13(17-9)16-7(2)6-15-10/h4-5,7,9H,3,6H2,1-2H3/t7?,9-/m1/s1. The van der Waals surface area contributed by atoms with E-state index in [0.717, 1.165) is 22.1 Å². The molecule has 17 heavy (non-hydrogen) atoms. The Morgan fingerprint density at radius 3 is 3.00 bits per heavy atom. The summed E-state index contributed by atoms with van der Waals surface area (Å²) in [6.45, 7) is 4.69. The maximum absolute atomic E-state index is 5.96. The lowest BCUT2D eigenvalue weighted by Crippen LogP contribution is -2.34. The molecule has 0 spiro atoms. The van der Waals surface area contributed by atoms with E-state index < -0.39 is 0 Å². The van der Waals surface area contributed by atoms with Gasteiger partial charge in [-0.3, -0.25) is 0 Å². The van der Waals surface area contributed by atoms with Crippen molar-refractivity contribution in [2.45, 2.75) is 32.5 Å². The smallest absolute Gasteiger partial charge is 0.491 e. The molecule has 3 nitrogen and oxygen atoms in total. The average molecular weight is 297 g/mol. The number of hydrogen-bond acceptors (Lipinski definition) is 3. The van der Waals surface area contributed by atoms with Gasteiger partial charge < -0.3 is 14.0 Å². The summed E-state index contributed by atoms with van der Waals surface area (Å²) in [6.07, 6.45) is 1.08. The van der Waals surface area contributed by atoms with Crippen LogP contribution in [0.15, 0.2) is 16.6 Å². The Labute approximate surface area is 110 Å². The minimum atomic E-state index is -0.278. The van der Waals surface area contributed by atoms with Gasteiger partial charge in [0.15, 0.2) is 0 Å². The second-order valence-corrected chi connectivity index (χ2v) is 5.35. The van der Waals surface area contributed by atoms with Gasteiger partial charge in [-0.15, -0.1) is 0 Å². The monoisotopic (exact) mass is 296 g/mol. The Morgan fingerprint density at radius 1 is 1.41 bits per heavy atom. The number of halogens is 1. The number of benzene rings is 1. The van der Waals surface area contributed by atoms with Gasteiger partial charge >= 0.3 is 7.12 Å². The van der Waals surface area contributed by atoms with Gasteiger partial charge in [0.25, 0.3) is 0 Å². The first-order valence-corrected chi connectivity index (χ1v) is 6.76. The fourth-order valence-corrected chi connectivity index (χ4v) is 3.03. The van der Waals surface area contributed by atoms with E-state index in [4.69, 9.17) is 14.0 Å². The van der Waals surface area contributed by atoms with Gasteiger partial charge in [0, 0.05) is 9.94 Å². The number of hydrogen-bond donors (Lipinski definition) is 0. The van der Waals surface area contributed by atoms with E-state index in [1.807, 2.05) is 19.1 Å². The van der Waals surface area contributed by atoms with Crippen molar-refractivity contribution in [2.24, 2.45) is 0 Å². The third kappa shape index (κ3) is 1.81. The van der Waals surface area contributed by atoms with E-state index in [1.54, 1.807) is 0 Å². The molecule has 0 aromatic heterocycles. The molecule has 90 valence electrons. The summed E-state index contributed by atoms with van der Waals surface area (Å²) in [5, 5.41) is 0. The van der Waals surface area contributed by atoms with Gasteiger partial charge in [0.2, 0.25) is 0 Å². The molecular weight excluding hydrogens is 283 g/mol. The summed E-state index contributed by atoms with van der Waals surface area (Å²) in [4.78, 5) is 0. The van der Waals surface area contributed by atoms with Crippen molar-refractivity contribution in [3.8, 4) is 5.75 Å². The Kier molecular flexibility index (Phi) is 2.93. The molecule has 3 rings (SSSR count). The Bertz CT molecular complexity index is 452. The zero-order valence-corrected chi connectivity index (χ0v) is 11.5. The predicted octanol–water partition coefficient (Wildman–Crippen LogP) is 2.42. The average Bonchev–Trinajstić information content (AvgIpc) is 2.60. The van der Waals surface area contributed by atoms with Crippen molar-refractivity contribution in [3.05, 3.63) is 22.2 Å². The lowest BCUT2D eigenvalue weighted by Gasteiger charge is -2.15. The lowest BCUT2D eigenvalue weighted by atomic mass is 9.77. The highest BCUT2D eigenvalue weighted by atomic mass is 79.9. The van der Waals surface area contributed by atoms with Crippen LogP contribution in [0, 0.1) is 0 Å². The van der Waals surface area contributed by atoms with Crippen LogP contribution >= 0.6 is 15.9 Å². The zero-order valence-electron chi connectivity index (χ0n) is 9.90. The maximum atomic E-state index is 5.96. The highest BCUT2D eigenvalue weighted by molar-refractivity contribution is 9.10. The van der Waals surface area contributed by atoms with Crippen LogP contribution in [-0.4, -0.2) is 19.8 Å². The highest BCUT2D eigenvalue weighted by Crippen LogP contribution is 2.37. The Hall–Kier alpha value is -0.515. The number of rotatable bonds is 1. The van der Waals surface area contributed by atoms with Gasteiger partial charge in [-0.25, -0.2) is 0 Å². The van der Waals surface area contributed by atoms with E-state index in [2.05, 4.69) is 22.9 Å². The molecule has 1 unspecified atom stereocenters. The third-order valence-electron chi connectivity index (χ3n) is 3.24. The summed E-state index contributed by atoms with van der Waals surface area (Å²) in [7, 11) is -0.278. The first kappa shape index (κ1) is 11.6. The molecule has 2 atom stereocenters. The fourth-order valence-electron chi connectivity index (χ4n) is 2.43. The summed E-state index contributed by atoms with van der Waals surface area (Å²) in [6, 6.07) is 4.01. The van der Waals surface area contributed by atoms with E-state index in [9.17, 15) is 0 Å². The zero-order chi connectivity index (χ0) is 12.0. The van der Waals surface area contributed by atoms with Gasteiger partial charge in [-0.05, 0) is 31.0 Å². The van der Waals surface area contributed by atoms with Gasteiger partial charge in [0.05, 0.1) is 12.2 Å². The topological polar surface area (TPSA) is 27.7 Å². The molecule has 0 bridgehead atoms. The molecule has 0 N–H and O–H groups in total. The lowest BCUT2D eigenvalue weighted by molar-refractivity contribution is 0.0976. The molecule has 2 aliphatic heterocycles. The van der Waals surface area contributed by atoms with Crippen molar-refractivity contribution in [1.82, 2.24) is 0 Å². The van der Waals surface area contributed by atoms with Crippen molar-refractivity contribution in [2.75, 3.05) is 6.61 Å². The Balaban J connectivity index is 2.14. The van der Waals surface area contributed by atoms with Crippen LogP contribution in [0.25, 0.3) is 0 Å². The summed E-state index contributed by atoms with van der Waals surface area (Å²) in [5.74, 6) is 0.897. The molecule has 0 radical (unpaired) electrons. The van der Waals surface area contributed by atoms with E-state index in [1.165, 1.54) is 5.56 Å². The molecule has 5 heteroatoms. The van der Waals surface area contributed by atoms with Crippen molar-refractivity contribution in [1.29, 1.82) is 0 Å². The van der Waals surface area contributed by atoms with Crippen LogP contribution in [0.2, 0.25) is 0 Å². The predicted molar refractivity (Wildman–Crippen MR) is 69.7 cm³/mol. The molecule has 0 saturated heterocycles. The largest absolute Gasteiger partial charge is 0.498 e. The molecule has 0 saturated carbocycles. The second kappa shape index (κ2) is 4.30. The van der Waals surface area contributed by atoms with Crippen LogP contribution in [-0.2, 0) is 9.31 Å². The molecule has 2 aliphatic rings. The van der Waals surface area contributed by atoms with Crippen LogP contribution in [0.4, 0.5) is 0 Å². The van der Waals surface area contributed by atoms with Crippen LogP contribution in [0.1, 0.15) is 31.9 Å². The normalized spacial score (nSPS) is 26.4. The molecular formula is C12H14BBrO3. The van der Waals surface area contributed by atoms with Crippen LogP contribution in [0.5, 0.6) is 5.75 Å². The van der Waals surface area contributed by atoms with Gasteiger partial charge in [0.1, 0.15) is 12.4 Å². The van der Waals surface area contributed by atoms with Crippen LogP contribution in [0.3, 0.4) is 0 Å². The van der Waals surface area contributed by atoms with E-state index in [-0.39, 0.29) is 19.3 Å². The summed E-state index contributed by atoms with van der Waals surface area (Å²) >= 11 is 3.59. The van der Waals surface area contributed by atoms with Gasteiger partial charge in [-0.2, -0.15) is 0 Å². The van der Waals surface area contributed by atoms with Gasteiger partial charge in [-0.1, -0.05) is 22.9 Å². The van der Waals surface area contributed by atoms with E-state index >= 15 is 0 Å². The van der Waals surface area contributed by atoms with Crippen molar-refractivity contribution < 1.29 is 14.0 Å². The fraction of sp³-hybridized carbons (Fsp3) is 0.500. The maximum Gasteiger partial charge on any atom is 0.498 e. The molecule has 0 amide bonds. The first-order valence-electron chi connectivity index (χ1n) is 5.96. The van der Waals surface area contributed by atoms with Crippen LogP contribution < -0.4 is 10.2 Å². The van der Waals surface area contributed by atoms with Crippen molar-refractivity contribution in [3.63, 3.8) is 0 Å². The molecule has 0 aliphatic carbocycles. The third-order valence-corrected chi connectivity index (χ3v) is 3.93. The second-order valence-electron chi connectivity index (χ2n) is 4.50. The first-order chi connectivity index (χ1) is 8.20. The molecule has 1 aromatic carbocycles. The molecule has 2 heterocycles. The van der Waals surface area contributed by atoms with E-state index in [0.29, 0.717) is 6.61 Å². The summed E-state index contributed by atoms with van der Waals surface area (Å²) < 4.78 is 18.7. The quantitative estimate of drug-likeness (QED) is 0.745. The molecule has 1 aromatic rings. The number of ether oxygens (including phenoxy) is 1. The van der Waals surface area contributed by atoms with Crippen molar-refractivity contribution >= 4 is 28.5 Å². The minimum Gasteiger partial charge on any atom is -0.491 e. The summed E-state index contributed by atoms with van der Waals surface area (Å²) in [5.41, 5.74) is 2.25. The highest BCUT2D eigenvalue weighted by Gasteiger charge is 2.43. The molecule has 0 fully saturated rings.